The molecule has 5 aromatic carbocycles. The Labute approximate surface area is 286 Å². The van der Waals surface area contributed by atoms with Gasteiger partial charge in [0, 0.05) is 23.6 Å². The molecule has 2 N–H and O–H groups in total. The Morgan fingerprint density at radius 1 is 0.438 bits per heavy atom. The number of hydrogen-bond donors (Lipinski definition) is 2. The number of para-hydroxylation sites is 2. The van der Waals surface area contributed by atoms with Crippen LogP contribution in [-0.4, -0.2) is 22.6 Å². The van der Waals surface area contributed by atoms with Crippen LogP contribution >= 0.6 is 0 Å². The molecule has 0 aromatic heterocycles. The molecule has 0 unspecified atom stereocenters. The summed E-state index contributed by atoms with van der Waals surface area (Å²) in [5.41, 5.74) is 12.1. The summed E-state index contributed by atoms with van der Waals surface area (Å²) in [5, 5.41) is 22.2. The van der Waals surface area contributed by atoms with Crippen LogP contribution in [0.2, 0.25) is 0 Å². The highest BCUT2D eigenvalue weighted by Gasteiger charge is 2.18. The molecular weight excluding hydrogens is 588 g/mol. The highest BCUT2D eigenvalue weighted by molar-refractivity contribution is 5.91. The summed E-state index contributed by atoms with van der Waals surface area (Å²) in [6, 6.07) is 32.2. The van der Waals surface area contributed by atoms with Gasteiger partial charge in [-0.05, 0) is 105 Å². The molecule has 0 atom stereocenters. The van der Waals surface area contributed by atoms with Crippen molar-refractivity contribution in [3.63, 3.8) is 0 Å². The van der Waals surface area contributed by atoms with Crippen molar-refractivity contribution in [3.05, 3.63) is 130 Å². The molecule has 0 bridgehead atoms. The second-order valence-electron chi connectivity index (χ2n) is 13.8. The maximum atomic E-state index is 11.1. The molecule has 5 rings (SSSR count). The molecule has 0 saturated carbocycles. The van der Waals surface area contributed by atoms with Crippen LogP contribution in [0.15, 0.2) is 107 Å². The van der Waals surface area contributed by atoms with Crippen molar-refractivity contribution in [3.8, 4) is 33.8 Å². The van der Waals surface area contributed by atoms with Gasteiger partial charge in [0.2, 0.25) is 0 Å². The lowest BCUT2D eigenvalue weighted by molar-refractivity contribution is 0.474. The van der Waals surface area contributed by atoms with E-state index < -0.39 is 0 Å². The first-order chi connectivity index (χ1) is 23.0. The van der Waals surface area contributed by atoms with Crippen molar-refractivity contribution in [2.75, 3.05) is 0 Å². The minimum absolute atomic E-state index is 0.176. The van der Waals surface area contributed by atoms with Gasteiger partial charge in [-0.15, -0.1) is 0 Å². The van der Waals surface area contributed by atoms with Crippen LogP contribution < -0.4 is 0 Å². The maximum Gasteiger partial charge on any atom is 0.124 e. The number of aromatic hydroxyl groups is 2. The van der Waals surface area contributed by atoms with E-state index in [-0.39, 0.29) is 11.5 Å². The lowest BCUT2D eigenvalue weighted by Gasteiger charge is -2.20. The zero-order valence-electron chi connectivity index (χ0n) is 29.5. The quantitative estimate of drug-likeness (QED) is 0.150. The molecule has 0 spiro atoms. The van der Waals surface area contributed by atoms with Crippen LogP contribution in [0, 0.1) is 0 Å². The summed E-state index contributed by atoms with van der Waals surface area (Å²) in [6.07, 6.45) is 3.35. The van der Waals surface area contributed by atoms with Crippen LogP contribution in [0.5, 0.6) is 11.5 Å². The largest absolute Gasteiger partial charge is 0.507 e. The number of phenolic OH excluding ortho intramolecular Hbond substituents is 2. The van der Waals surface area contributed by atoms with E-state index in [1.54, 1.807) is 12.4 Å². The van der Waals surface area contributed by atoms with Gasteiger partial charge in [-0.25, -0.2) is 0 Å². The number of rotatable bonds is 10. The minimum atomic E-state index is 0.176. The molecule has 0 saturated heterocycles. The van der Waals surface area contributed by atoms with E-state index in [9.17, 15) is 10.2 Å². The summed E-state index contributed by atoms with van der Waals surface area (Å²) < 4.78 is 0. The van der Waals surface area contributed by atoms with Gasteiger partial charge in [-0.2, -0.15) is 0 Å². The Bertz CT molecular complexity index is 1770. The smallest absolute Gasteiger partial charge is 0.124 e. The topological polar surface area (TPSA) is 65.2 Å². The Hall–Kier alpha value is -4.96. The predicted molar refractivity (Wildman–Crippen MR) is 204 cm³/mol. The monoisotopic (exact) mass is 636 g/mol. The van der Waals surface area contributed by atoms with Crippen LogP contribution in [0.25, 0.3) is 22.3 Å². The third-order valence-corrected chi connectivity index (χ3v) is 8.95. The van der Waals surface area contributed by atoms with Crippen LogP contribution in [0.4, 0.5) is 11.4 Å². The number of nitrogens with zero attached hydrogens (tertiary/aromatic N) is 2. The molecule has 5 aromatic rings. The lowest BCUT2D eigenvalue weighted by Crippen LogP contribution is -2.00. The molecule has 48 heavy (non-hydrogen) atoms. The van der Waals surface area contributed by atoms with E-state index in [0.29, 0.717) is 46.2 Å². The fourth-order valence-corrected chi connectivity index (χ4v) is 6.35. The van der Waals surface area contributed by atoms with Gasteiger partial charge in [0.1, 0.15) is 11.5 Å². The fraction of sp³-hybridized carbons (Fsp3) is 0.273. The average Bonchev–Trinajstić information content (AvgIpc) is 3.06. The van der Waals surface area contributed by atoms with Gasteiger partial charge in [0.25, 0.3) is 0 Å². The number of hydrogen-bond acceptors (Lipinski definition) is 4. The predicted octanol–water partition coefficient (Wildman–Crippen LogP) is 12.4. The Kier molecular flexibility index (Phi) is 10.6. The van der Waals surface area contributed by atoms with Crippen LogP contribution in [0.3, 0.4) is 0 Å². The summed E-state index contributed by atoms with van der Waals surface area (Å²) in [5.74, 6) is 1.79. The van der Waals surface area contributed by atoms with Crippen molar-refractivity contribution in [1.82, 2.24) is 0 Å². The van der Waals surface area contributed by atoms with Crippen molar-refractivity contribution < 1.29 is 10.2 Å². The van der Waals surface area contributed by atoms with Crippen molar-refractivity contribution in [1.29, 1.82) is 0 Å². The molecule has 0 aliphatic rings. The second-order valence-corrected chi connectivity index (χ2v) is 13.8. The van der Waals surface area contributed by atoms with E-state index in [2.05, 4.69) is 104 Å². The molecule has 0 heterocycles. The zero-order chi connectivity index (χ0) is 34.5. The zero-order valence-corrected chi connectivity index (χ0v) is 29.5. The van der Waals surface area contributed by atoms with E-state index in [0.717, 1.165) is 11.1 Å². The Morgan fingerprint density at radius 2 is 0.771 bits per heavy atom. The Balaban J connectivity index is 1.42. The normalized spacial score (nSPS) is 12.1. The fourth-order valence-electron chi connectivity index (χ4n) is 6.35. The van der Waals surface area contributed by atoms with E-state index in [4.69, 9.17) is 9.98 Å². The molecule has 4 nitrogen and oxygen atoms in total. The highest BCUT2D eigenvalue weighted by Crippen LogP contribution is 2.39. The lowest BCUT2D eigenvalue weighted by atomic mass is 9.85. The molecule has 0 amide bonds. The Morgan fingerprint density at radius 3 is 1.06 bits per heavy atom. The van der Waals surface area contributed by atoms with Gasteiger partial charge in [0.15, 0.2) is 0 Å². The minimum Gasteiger partial charge on any atom is -0.507 e. The molecule has 0 aliphatic carbocycles. The summed E-state index contributed by atoms with van der Waals surface area (Å²) >= 11 is 0. The van der Waals surface area contributed by atoms with Gasteiger partial charge in [0.05, 0.1) is 11.4 Å². The first-order valence-electron chi connectivity index (χ1n) is 17.1. The SMILES string of the molecule is CC(C)c1cccc(C(C)C)c1-c1ccc(C=Nc2ccccc2N=Cc2ccc(-c3c(C(C)C)cccc3C(C)C)cc2O)c(O)c1. The first kappa shape index (κ1) is 34.4. The second kappa shape index (κ2) is 14.9. The summed E-state index contributed by atoms with van der Waals surface area (Å²) in [4.78, 5) is 9.42. The molecule has 0 fully saturated rings. The van der Waals surface area contributed by atoms with Crippen molar-refractivity contribution in [2.45, 2.75) is 79.1 Å². The standard InChI is InChI=1S/C44H48N2O2/c1-27(2)35-13-11-14-36(28(3)4)43(35)31-19-21-33(41(47)23-31)25-45-39-17-9-10-18-40(39)46-26-34-22-20-32(24-42(34)48)44-37(29(5)6)15-12-16-38(44)30(7)8/h9-30,47-48H,1-8H3. The van der Waals surface area contributed by atoms with Crippen molar-refractivity contribution in [2.24, 2.45) is 9.98 Å². The average molecular weight is 637 g/mol. The molecule has 4 heteroatoms. The first-order valence-corrected chi connectivity index (χ1v) is 17.1. The van der Waals surface area contributed by atoms with Gasteiger partial charge < -0.3 is 10.2 Å². The maximum absolute atomic E-state index is 11.1. The molecule has 246 valence electrons. The molecule has 0 aliphatic heterocycles. The molecular formula is C44H48N2O2. The van der Waals surface area contributed by atoms with Crippen LogP contribution in [0.1, 0.15) is 112 Å². The van der Waals surface area contributed by atoms with Crippen LogP contribution in [-0.2, 0) is 0 Å². The van der Waals surface area contributed by atoms with E-state index in [1.807, 2.05) is 48.5 Å². The third-order valence-electron chi connectivity index (χ3n) is 8.95. The van der Waals surface area contributed by atoms with E-state index >= 15 is 0 Å². The number of aliphatic imine (C=N–C) groups is 2. The van der Waals surface area contributed by atoms with E-state index in [1.165, 1.54) is 33.4 Å². The van der Waals surface area contributed by atoms with Gasteiger partial charge in [-0.1, -0.05) is 116 Å². The third kappa shape index (κ3) is 7.44. The molecule has 0 radical (unpaired) electrons. The van der Waals surface area contributed by atoms with Gasteiger partial charge >= 0.3 is 0 Å². The van der Waals surface area contributed by atoms with Crippen molar-refractivity contribution >= 4 is 23.8 Å². The summed E-state index contributed by atoms with van der Waals surface area (Å²) in [7, 11) is 0. The number of benzene rings is 5. The number of phenols is 2. The van der Waals surface area contributed by atoms with Gasteiger partial charge in [-0.3, -0.25) is 9.98 Å². The summed E-state index contributed by atoms with van der Waals surface area (Å²) in [6.45, 7) is 17.6. The highest BCUT2D eigenvalue weighted by atomic mass is 16.3.